The minimum atomic E-state index is -1.36. The van der Waals surface area contributed by atoms with Crippen molar-refractivity contribution in [3.63, 3.8) is 0 Å². The number of benzene rings is 1. The van der Waals surface area contributed by atoms with Gasteiger partial charge in [-0.1, -0.05) is 0 Å². The maximum Gasteiger partial charge on any atom is 0.317 e. The molecule has 25 heavy (non-hydrogen) atoms. The smallest absolute Gasteiger partial charge is 0.317 e. The Labute approximate surface area is 141 Å². The molecule has 0 aliphatic carbocycles. The number of hydrogen-bond acceptors (Lipinski definition) is 4. The van der Waals surface area contributed by atoms with Gasteiger partial charge in [-0.25, -0.2) is 13.2 Å². The van der Waals surface area contributed by atoms with Crippen LogP contribution in [0.5, 0.6) is 0 Å². The molecular weight excluding hydrogens is 341 g/mol. The third kappa shape index (κ3) is 3.77. The summed E-state index contributed by atoms with van der Waals surface area (Å²) >= 11 is 0. The van der Waals surface area contributed by atoms with Gasteiger partial charge in [0.05, 0.1) is 31.4 Å². The summed E-state index contributed by atoms with van der Waals surface area (Å²) in [5.74, 6) is -5.68. The van der Waals surface area contributed by atoms with Gasteiger partial charge in [0.25, 0.3) is 5.91 Å². The maximum atomic E-state index is 14.0. The predicted molar refractivity (Wildman–Crippen MR) is 79.5 cm³/mol. The molecule has 2 bridgehead atoms. The Morgan fingerprint density at radius 3 is 2.52 bits per heavy atom. The number of halogens is 3. The van der Waals surface area contributed by atoms with Gasteiger partial charge in [-0.15, -0.1) is 0 Å². The number of carbonyl (C=O) groups excluding carboxylic acids is 1. The van der Waals surface area contributed by atoms with Gasteiger partial charge in [0.2, 0.25) is 0 Å². The number of carboxylic acid groups (broad SMARTS) is 1. The summed E-state index contributed by atoms with van der Waals surface area (Å²) in [6.07, 6.45) is 0. The van der Waals surface area contributed by atoms with Crippen LogP contribution in [-0.2, 0) is 9.53 Å². The zero-order valence-corrected chi connectivity index (χ0v) is 13.3. The van der Waals surface area contributed by atoms with Gasteiger partial charge in [-0.3, -0.25) is 14.5 Å². The van der Waals surface area contributed by atoms with E-state index in [0.29, 0.717) is 25.3 Å². The molecule has 0 spiro atoms. The first kappa shape index (κ1) is 17.7. The Kier molecular flexibility index (Phi) is 4.96. The van der Waals surface area contributed by atoms with Gasteiger partial charge >= 0.3 is 5.97 Å². The molecule has 9 heteroatoms. The fraction of sp³-hybridized carbons (Fsp3) is 0.500. The summed E-state index contributed by atoms with van der Waals surface area (Å²) in [7, 11) is 0. The maximum absolute atomic E-state index is 14.0. The normalized spacial score (nSPS) is 24.0. The molecule has 0 saturated carbocycles. The van der Waals surface area contributed by atoms with E-state index in [2.05, 4.69) is 0 Å². The highest BCUT2D eigenvalue weighted by Crippen LogP contribution is 2.23. The average Bonchev–Trinajstić information content (AvgIpc) is 2.80. The third-order valence-corrected chi connectivity index (χ3v) is 4.40. The topological polar surface area (TPSA) is 70.1 Å². The summed E-state index contributed by atoms with van der Waals surface area (Å²) < 4.78 is 46.0. The first-order valence-corrected chi connectivity index (χ1v) is 7.82. The SMILES string of the molecule is O=C(O)CN1C[C@@H]2COC[C@H](C1)N(C(=O)c1cc(F)c(F)cc1F)C2. The summed E-state index contributed by atoms with van der Waals surface area (Å²) in [5, 5.41) is 8.99. The molecule has 2 atom stereocenters. The Hall–Kier alpha value is -2.13. The Morgan fingerprint density at radius 1 is 1.08 bits per heavy atom. The van der Waals surface area contributed by atoms with E-state index in [4.69, 9.17) is 9.84 Å². The van der Waals surface area contributed by atoms with Crippen LogP contribution in [0.25, 0.3) is 0 Å². The lowest BCUT2D eigenvalue weighted by Gasteiger charge is -2.30. The van der Waals surface area contributed by atoms with Gasteiger partial charge in [0, 0.05) is 31.6 Å². The molecule has 2 saturated heterocycles. The highest BCUT2D eigenvalue weighted by Gasteiger charge is 2.37. The number of hydrogen-bond donors (Lipinski definition) is 1. The number of rotatable bonds is 3. The predicted octanol–water partition coefficient (Wildman–Crippen LogP) is 0.961. The van der Waals surface area contributed by atoms with Crippen molar-refractivity contribution in [1.82, 2.24) is 9.80 Å². The number of aliphatic carboxylic acids is 1. The molecule has 0 aromatic heterocycles. The van der Waals surface area contributed by atoms with E-state index in [1.165, 1.54) is 4.90 Å². The molecule has 1 aromatic rings. The molecule has 2 heterocycles. The number of ether oxygens (including phenoxy) is 1. The van der Waals surface area contributed by atoms with Crippen LogP contribution in [0, 0.1) is 23.4 Å². The van der Waals surface area contributed by atoms with E-state index in [1.54, 1.807) is 4.90 Å². The lowest BCUT2D eigenvalue weighted by atomic mass is 10.1. The fourth-order valence-corrected chi connectivity index (χ4v) is 3.35. The molecule has 2 aliphatic rings. The van der Waals surface area contributed by atoms with Crippen LogP contribution in [0.2, 0.25) is 0 Å². The quantitative estimate of drug-likeness (QED) is 0.815. The van der Waals surface area contributed by atoms with Gasteiger partial charge < -0.3 is 14.7 Å². The Morgan fingerprint density at radius 2 is 1.80 bits per heavy atom. The molecule has 6 nitrogen and oxygen atoms in total. The largest absolute Gasteiger partial charge is 0.480 e. The average molecular weight is 358 g/mol. The third-order valence-electron chi connectivity index (χ3n) is 4.40. The van der Waals surface area contributed by atoms with Crippen molar-refractivity contribution in [3.8, 4) is 0 Å². The summed E-state index contributed by atoms with van der Waals surface area (Å²) in [4.78, 5) is 26.8. The Balaban J connectivity index is 1.87. The first-order valence-electron chi connectivity index (χ1n) is 7.82. The van der Waals surface area contributed by atoms with Gasteiger partial charge in [-0.05, 0) is 6.07 Å². The molecule has 0 unspecified atom stereocenters. The van der Waals surface area contributed by atoms with Crippen LogP contribution >= 0.6 is 0 Å². The minimum Gasteiger partial charge on any atom is -0.480 e. The van der Waals surface area contributed by atoms with Crippen molar-refractivity contribution in [2.24, 2.45) is 5.92 Å². The van der Waals surface area contributed by atoms with Crippen LogP contribution in [0.1, 0.15) is 10.4 Å². The van der Waals surface area contributed by atoms with Crippen molar-refractivity contribution in [2.75, 3.05) is 39.4 Å². The van der Waals surface area contributed by atoms with Crippen LogP contribution in [-0.4, -0.2) is 72.2 Å². The van der Waals surface area contributed by atoms with Crippen LogP contribution < -0.4 is 0 Å². The molecule has 3 rings (SSSR count). The monoisotopic (exact) mass is 358 g/mol. The van der Waals surface area contributed by atoms with E-state index in [9.17, 15) is 22.8 Å². The standard InChI is InChI=1S/C16H17F3N2O4/c17-12-2-14(19)13(18)1-11(12)16(24)21-4-9-3-20(6-15(22)23)5-10(21)8-25-7-9/h1-2,9-10H,3-8H2,(H,22,23)/t9-,10-/m0/s1. The summed E-state index contributed by atoms with van der Waals surface area (Å²) in [5.41, 5.74) is -0.545. The molecular formula is C16H17F3N2O4. The van der Waals surface area contributed by atoms with E-state index in [0.717, 1.165) is 0 Å². The van der Waals surface area contributed by atoms with E-state index in [-0.39, 0.29) is 32.2 Å². The minimum absolute atomic E-state index is 0.149. The van der Waals surface area contributed by atoms with E-state index in [1.807, 2.05) is 0 Å². The summed E-state index contributed by atoms with van der Waals surface area (Å²) in [6, 6.07) is 0.407. The number of amides is 1. The fourth-order valence-electron chi connectivity index (χ4n) is 3.35. The first-order chi connectivity index (χ1) is 11.8. The van der Waals surface area contributed by atoms with Crippen molar-refractivity contribution in [1.29, 1.82) is 0 Å². The molecule has 1 amide bonds. The van der Waals surface area contributed by atoms with Gasteiger partial charge in [0.1, 0.15) is 5.82 Å². The molecule has 1 aromatic carbocycles. The lowest BCUT2D eigenvalue weighted by molar-refractivity contribution is -0.138. The highest BCUT2D eigenvalue weighted by molar-refractivity contribution is 5.94. The molecule has 0 radical (unpaired) electrons. The van der Waals surface area contributed by atoms with Crippen molar-refractivity contribution in [3.05, 3.63) is 35.1 Å². The highest BCUT2D eigenvalue weighted by atomic mass is 19.2. The second-order valence-electron chi connectivity index (χ2n) is 6.35. The zero-order chi connectivity index (χ0) is 18.1. The van der Waals surface area contributed by atoms with Crippen molar-refractivity contribution < 1.29 is 32.6 Å². The summed E-state index contributed by atoms with van der Waals surface area (Å²) in [6.45, 7) is 1.25. The van der Waals surface area contributed by atoms with Crippen LogP contribution in [0.3, 0.4) is 0 Å². The second kappa shape index (κ2) is 7.01. The van der Waals surface area contributed by atoms with E-state index < -0.39 is 40.9 Å². The molecule has 2 fully saturated rings. The van der Waals surface area contributed by atoms with Gasteiger partial charge in [0.15, 0.2) is 11.6 Å². The molecule has 1 N–H and O–H groups in total. The lowest BCUT2D eigenvalue weighted by Crippen LogP contribution is -2.47. The number of nitrogens with zero attached hydrogens (tertiary/aromatic N) is 2. The van der Waals surface area contributed by atoms with Crippen molar-refractivity contribution >= 4 is 11.9 Å². The number of carboxylic acids is 1. The second-order valence-corrected chi connectivity index (χ2v) is 6.35. The van der Waals surface area contributed by atoms with Gasteiger partial charge in [-0.2, -0.15) is 0 Å². The molecule has 136 valence electrons. The van der Waals surface area contributed by atoms with Crippen LogP contribution in [0.4, 0.5) is 13.2 Å². The van der Waals surface area contributed by atoms with E-state index >= 15 is 0 Å². The zero-order valence-electron chi connectivity index (χ0n) is 13.3. The Bertz CT molecular complexity index is 700. The number of fused-ring (bicyclic) bond motifs is 3. The number of carbonyl (C=O) groups is 2. The van der Waals surface area contributed by atoms with Crippen LogP contribution in [0.15, 0.2) is 12.1 Å². The van der Waals surface area contributed by atoms with Crippen molar-refractivity contribution in [2.45, 2.75) is 6.04 Å². The molecule has 2 aliphatic heterocycles.